The van der Waals surface area contributed by atoms with Crippen molar-refractivity contribution in [2.45, 2.75) is 45.3 Å². The van der Waals surface area contributed by atoms with Gasteiger partial charge in [-0.25, -0.2) is 9.78 Å². The van der Waals surface area contributed by atoms with E-state index >= 15 is 0 Å². The summed E-state index contributed by atoms with van der Waals surface area (Å²) in [6.07, 6.45) is 1.19. The van der Waals surface area contributed by atoms with Gasteiger partial charge in [0.2, 0.25) is 0 Å². The Labute approximate surface area is 210 Å². The third-order valence-electron chi connectivity index (χ3n) is 6.74. The number of hydrogen-bond donors (Lipinski definition) is 1. The van der Waals surface area contributed by atoms with Crippen molar-refractivity contribution >= 4 is 33.9 Å². The summed E-state index contributed by atoms with van der Waals surface area (Å²) < 4.78 is 9.60. The lowest BCUT2D eigenvalue weighted by molar-refractivity contribution is 0.0452. The highest BCUT2D eigenvalue weighted by molar-refractivity contribution is 5.98. The Hall–Kier alpha value is -3.81. The molecule has 0 bridgehead atoms. The van der Waals surface area contributed by atoms with E-state index in [0.29, 0.717) is 18.7 Å². The predicted molar refractivity (Wildman–Crippen MR) is 141 cm³/mol. The van der Waals surface area contributed by atoms with E-state index in [9.17, 15) is 9.59 Å². The number of nitrogens with zero attached hydrogens (tertiary/aromatic N) is 4. The van der Waals surface area contributed by atoms with E-state index in [1.165, 1.54) is 0 Å². The number of para-hydroxylation sites is 1. The maximum absolute atomic E-state index is 13.4. The van der Waals surface area contributed by atoms with E-state index in [1.54, 1.807) is 4.90 Å². The van der Waals surface area contributed by atoms with E-state index in [1.807, 2.05) is 65.2 Å². The molecule has 1 fully saturated rings. The fraction of sp³-hybridized carbons (Fsp3) is 0.393. The van der Waals surface area contributed by atoms with Gasteiger partial charge in [0.1, 0.15) is 5.60 Å². The molecule has 1 saturated heterocycles. The summed E-state index contributed by atoms with van der Waals surface area (Å²) in [5, 5.41) is 4.08. The zero-order valence-electron chi connectivity index (χ0n) is 21.5. The number of imidazole rings is 1. The average Bonchev–Trinajstić information content (AvgIpc) is 3.33. The van der Waals surface area contributed by atoms with Crippen LogP contribution < -0.4 is 5.32 Å². The number of aryl methyl sites for hydroxylation is 2. The van der Waals surface area contributed by atoms with Crippen molar-refractivity contribution in [1.82, 2.24) is 24.3 Å². The Balaban J connectivity index is 1.37. The number of carbonyl (C=O) groups excluding carboxylic acids is 2. The second kappa shape index (κ2) is 9.00. The maximum atomic E-state index is 13.4. The van der Waals surface area contributed by atoms with Crippen molar-refractivity contribution in [2.24, 2.45) is 14.1 Å². The van der Waals surface area contributed by atoms with Crippen LogP contribution in [-0.2, 0) is 18.8 Å². The summed E-state index contributed by atoms with van der Waals surface area (Å²) in [6, 6.07) is 16.0. The Kier molecular flexibility index (Phi) is 5.98. The predicted octanol–water partition coefficient (Wildman–Crippen LogP) is 4.86. The number of amides is 2. The van der Waals surface area contributed by atoms with E-state index < -0.39 is 11.7 Å². The molecule has 8 heteroatoms. The van der Waals surface area contributed by atoms with Crippen LogP contribution in [0.4, 0.5) is 4.79 Å². The summed E-state index contributed by atoms with van der Waals surface area (Å²) in [5.74, 6) is 0.803. The van der Waals surface area contributed by atoms with Crippen LogP contribution in [-0.4, -0.2) is 55.8 Å². The Morgan fingerprint density at radius 3 is 2.56 bits per heavy atom. The standard InChI is InChI=1S/C28H33N5O3/c1-28(2,3)36-27(35)29-20-10-8-14-33(17-20)26(34)19-12-13-23-21(15-19)30-25(32(23)5)24-16-18-9-6-7-11-22(18)31(24)4/h6-7,9,11-13,15-16,20H,8,10,14,17H2,1-5H3,(H,29,35)/t20-/m0/s1. The minimum Gasteiger partial charge on any atom is -0.444 e. The molecule has 2 aromatic carbocycles. The van der Waals surface area contributed by atoms with Gasteiger partial charge < -0.3 is 24.1 Å². The molecule has 8 nitrogen and oxygen atoms in total. The van der Waals surface area contributed by atoms with Crippen LogP contribution in [0.15, 0.2) is 48.5 Å². The summed E-state index contributed by atoms with van der Waals surface area (Å²) in [4.78, 5) is 32.3. The molecular weight excluding hydrogens is 454 g/mol. The third-order valence-corrected chi connectivity index (χ3v) is 6.74. The van der Waals surface area contributed by atoms with E-state index in [2.05, 4.69) is 32.7 Å². The lowest BCUT2D eigenvalue weighted by atomic mass is 10.0. The molecule has 0 spiro atoms. The summed E-state index contributed by atoms with van der Waals surface area (Å²) in [5.41, 5.74) is 3.96. The summed E-state index contributed by atoms with van der Waals surface area (Å²) >= 11 is 0. The molecule has 0 radical (unpaired) electrons. The monoisotopic (exact) mass is 487 g/mol. The molecule has 1 aliphatic heterocycles. The van der Waals surface area contributed by atoms with Crippen LogP contribution >= 0.6 is 0 Å². The van der Waals surface area contributed by atoms with Gasteiger partial charge in [0.05, 0.1) is 16.7 Å². The molecule has 1 N–H and O–H groups in total. The normalized spacial score (nSPS) is 16.5. The maximum Gasteiger partial charge on any atom is 0.407 e. The van der Waals surface area contributed by atoms with Crippen LogP contribution in [0.1, 0.15) is 44.0 Å². The smallest absolute Gasteiger partial charge is 0.407 e. The van der Waals surface area contributed by atoms with Crippen LogP contribution in [0.25, 0.3) is 33.5 Å². The molecule has 5 rings (SSSR count). The van der Waals surface area contributed by atoms with Crippen LogP contribution in [0.3, 0.4) is 0 Å². The molecule has 0 aliphatic carbocycles. The molecule has 36 heavy (non-hydrogen) atoms. The van der Waals surface area contributed by atoms with E-state index in [0.717, 1.165) is 46.3 Å². The number of likely N-dealkylation sites (tertiary alicyclic amines) is 1. The largest absolute Gasteiger partial charge is 0.444 e. The van der Waals surface area contributed by atoms with E-state index in [4.69, 9.17) is 9.72 Å². The topological polar surface area (TPSA) is 81.4 Å². The van der Waals surface area contributed by atoms with Gasteiger partial charge in [-0.2, -0.15) is 0 Å². The molecule has 1 atom stereocenters. The molecule has 3 heterocycles. The average molecular weight is 488 g/mol. The van der Waals surface area contributed by atoms with Crippen LogP contribution in [0.2, 0.25) is 0 Å². The molecule has 188 valence electrons. The first-order valence-electron chi connectivity index (χ1n) is 12.4. The van der Waals surface area contributed by atoms with Crippen molar-refractivity contribution in [3.05, 3.63) is 54.1 Å². The highest BCUT2D eigenvalue weighted by Crippen LogP contribution is 2.29. The zero-order chi connectivity index (χ0) is 25.6. The number of rotatable bonds is 3. The summed E-state index contributed by atoms with van der Waals surface area (Å²) in [6.45, 7) is 6.63. The number of piperidine rings is 1. The van der Waals surface area contributed by atoms with Crippen molar-refractivity contribution in [2.75, 3.05) is 13.1 Å². The SMILES string of the molecule is Cn1c(-c2nc3cc(C(=O)N4CCC[C@H](NC(=O)OC(C)(C)C)C4)ccc3n2C)cc2ccccc21. The van der Waals surface area contributed by atoms with Gasteiger partial charge in [0.25, 0.3) is 5.91 Å². The number of hydrogen-bond acceptors (Lipinski definition) is 4. The number of nitrogens with one attached hydrogen (secondary N) is 1. The van der Waals surface area contributed by atoms with Gasteiger partial charge in [-0.05, 0) is 63.9 Å². The molecule has 2 aromatic heterocycles. The lowest BCUT2D eigenvalue weighted by Crippen LogP contribution is -2.50. The molecule has 0 saturated carbocycles. The van der Waals surface area contributed by atoms with Crippen molar-refractivity contribution in [1.29, 1.82) is 0 Å². The van der Waals surface area contributed by atoms with Crippen molar-refractivity contribution < 1.29 is 14.3 Å². The van der Waals surface area contributed by atoms with Gasteiger partial charge in [-0.15, -0.1) is 0 Å². The Bertz CT molecular complexity index is 1460. The zero-order valence-corrected chi connectivity index (χ0v) is 21.5. The number of carbonyl (C=O) groups is 2. The highest BCUT2D eigenvalue weighted by Gasteiger charge is 2.27. The highest BCUT2D eigenvalue weighted by atomic mass is 16.6. The van der Waals surface area contributed by atoms with Gasteiger partial charge in [0.15, 0.2) is 5.82 Å². The van der Waals surface area contributed by atoms with Crippen LogP contribution in [0, 0.1) is 0 Å². The second-order valence-electron chi connectivity index (χ2n) is 10.6. The molecule has 2 amide bonds. The van der Waals surface area contributed by atoms with E-state index in [-0.39, 0.29) is 11.9 Å². The lowest BCUT2D eigenvalue weighted by Gasteiger charge is -2.33. The van der Waals surface area contributed by atoms with Gasteiger partial charge in [-0.3, -0.25) is 4.79 Å². The number of alkyl carbamates (subject to hydrolysis) is 1. The molecule has 0 unspecified atom stereocenters. The second-order valence-corrected chi connectivity index (χ2v) is 10.6. The molecular formula is C28H33N5O3. The fourth-order valence-electron chi connectivity index (χ4n) is 5.00. The van der Waals surface area contributed by atoms with Gasteiger partial charge in [0, 0.05) is 49.7 Å². The molecule has 4 aromatic rings. The van der Waals surface area contributed by atoms with Crippen LogP contribution in [0.5, 0.6) is 0 Å². The quantitative estimate of drug-likeness (QED) is 0.447. The third kappa shape index (κ3) is 4.55. The number of fused-ring (bicyclic) bond motifs is 2. The first-order chi connectivity index (χ1) is 17.1. The number of aromatic nitrogens is 3. The van der Waals surface area contributed by atoms with Gasteiger partial charge in [-0.1, -0.05) is 18.2 Å². The number of benzene rings is 2. The molecule has 1 aliphatic rings. The number of ether oxygens (including phenoxy) is 1. The minimum atomic E-state index is -0.558. The Morgan fingerprint density at radius 2 is 1.81 bits per heavy atom. The first kappa shape index (κ1) is 23.9. The van der Waals surface area contributed by atoms with Gasteiger partial charge >= 0.3 is 6.09 Å². The fourth-order valence-corrected chi connectivity index (χ4v) is 5.00. The van der Waals surface area contributed by atoms with Crippen molar-refractivity contribution in [3.63, 3.8) is 0 Å². The van der Waals surface area contributed by atoms with Crippen molar-refractivity contribution in [3.8, 4) is 11.5 Å². The Morgan fingerprint density at radius 1 is 1.03 bits per heavy atom. The summed E-state index contributed by atoms with van der Waals surface area (Å²) in [7, 11) is 4.05. The minimum absolute atomic E-state index is 0.0515. The first-order valence-corrected chi connectivity index (χ1v) is 12.4.